The van der Waals surface area contributed by atoms with Crippen LogP contribution < -0.4 is 5.32 Å². The topological polar surface area (TPSA) is 65.1 Å². The van der Waals surface area contributed by atoms with E-state index in [-0.39, 0.29) is 18.6 Å². The third kappa shape index (κ3) is 3.69. The highest BCUT2D eigenvalue weighted by atomic mass is 16.3. The summed E-state index contributed by atoms with van der Waals surface area (Å²) in [5.41, 5.74) is 3.42. The van der Waals surface area contributed by atoms with Crippen molar-refractivity contribution in [1.29, 1.82) is 0 Å². The van der Waals surface area contributed by atoms with Gasteiger partial charge in [-0.2, -0.15) is 0 Å². The summed E-state index contributed by atoms with van der Waals surface area (Å²) < 4.78 is 0. The van der Waals surface area contributed by atoms with E-state index >= 15 is 0 Å². The van der Waals surface area contributed by atoms with Gasteiger partial charge in [0.15, 0.2) is 0 Å². The van der Waals surface area contributed by atoms with Gasteiger partial charge in [-0.1, -0.05) is 39.0 Å². The van der Waals surface area contributed by atoms with Crippen LogP contribution in [0.4, 0.5) is 0 Å². The van der Waals surface area contributed by atoms with Crippen LogP contribution in [0.3, 0.4) is 0 Å². The molecule has 0 spiro atoms. The monoisotopic (exact) mass is 302 g/mol. The Hall–Kier alpha value is -1.81. The predicted octanol–water partition coefficient (Wildman–Crippen LogP) is 2.80. The molecule has 1 unspecified atom stereocenters. The lowest BCUT2D eigenvalue weighted by Crippen LogP contribution is -2.39. The van der Waals surface area contributed by atoms with Crippen LogP contribution in [0.25, 0.3) is 10.9 Å². The molecule has 1 heterocycles. The summed E-state index contributed by atoms with van der Waals surface area (Å²) in [4.78, 5) is 15.6. The number of rotatable bonds is 7. The Morgan fingerprint density at radius 3 is 2.73 bits per heavy atom. The molecule has 1 amide bonds. The number of para-hydroxylation sites is 1. The van der Waals surface area contributed by atoms with Gasteiger partial charge in [-0.05, 0) is 29.9 Å². The maximum absolute atomic E-state index is 12.3. The number of aromatic nitrogens is 1. The molecule has 0 fully saturated rings. The molecule has 4 heteroatoms. The van der Waals surface area contributed by atoms with Gasteiger partial charge in [0.25, 0.3) is 0 Å². The summed E-state index contributed by atoms with van der Waals surface area (Å²) in [6, 6.07) is 6.23. The van der Waals surface area contributed by atoms with Crippen LogP contribution in [0.15, 0.2) is 24.4 Å². The first-order valence-electron chi connectivity index (χ1n) is 8.04. The van der Waals surface area contributed by atoms with Crippen LogP contribution in [0.2, 0.25) is 0 Å². The molecule has 2 aromatic rings. The lowest BCUT2D eigenvalue weighted by Gasteiger charge is -2.21. The first-order valence-corrected chi connectivity index (χ1v) is 8.04. The zero-order valence-electron chi connectivity index (χ0n) is 13.6. The van der Waals surface area contributed by atoms with Crippen LogP contribution in [-0.4, -0.2) is 28.6 Å². The standard InChI is InChI=1S/C18H26N2O2/c1-4-13-6-5-7-15-14(11-19-18(13)15)10-17(22)20-16(8-9-21)12(2)3/h5-7,11-12,16,19,21H,4,8-10H2,1-3H3,(H,20,22). The second kappa shape index (κ2) is 7.45. The van der Waals surface area contributed by atoms with Crippen LogP contribution in [0.5, 0.6) is 0 Å². The van der Waals surface area contributed by atoms with Gasteiger partial charge in [-0.3, -0.25) is 4.79 Å². The molecule has 120 valence electrons. The Bertz CT molecular complexity index is 631. The lowest BCUT2D eigenvalue weighted by molar-refractivity contribution is -0.121. The highest BCUT2D eigenvalue weighted by Crippen LogP contribution is 2.22. The van der Waals surface area contributed by atoms with E-state index in [0.717, 1.165) is 22.9 Å². The third-order valence-electron chi connectivity index (χ3n) is 4.21. The van der Waals surface area contributed by atoms with Crippen molar-refractivity contribution < 1.29 is 9.90 Å². The van der Waals surface area contributed by atoms with Gasteiger partial charge >= 0.3 is 0 Å². The summed E-state index contributed by atoms with van der Waals surface area (Å²) in [5.74, 6) is 0.320. The maximum Gasteiger partial charge on any atom is 0.224 e. The van der Waals surface area contributed by atoms with E-state index in [1.807, 2.05) is 12.3 Å². The molecule has 0 saturated heterocycles. The Kier molecular flexibility index (Phi) is 5.61. The lowest BCUT2D eigenvalue weighted by atomic mass is 10.0. The Labute approximate surface area is 131 Å². The van der Waals surface area contributed by atoms with Crippen molar-refractivity contribution in [2.45, 2.75) is 46.1 Å². The number of benzene rings is 1. The van der Waals surface area contributed by atoms with E-state index in [4.69, 9.17) is 5.11 Å². The van der Waals surface area contributed by atoms with Crippen molar-refractivity contribution in [3.8, 4) is 0 Å². The van der Waals surface area contributed by atoms with Crippen molar-refractivity contribution >= 4 is 16.8 Å². The van der Waals surface area contributed by atoms with Crippen molar-refractivity contribution in [1.82, 2.24) is 10.3 Å². The molecule has 0 aliphatic carbocycles. The number of hydrogen-bond donors (Lipinski definition) is 3. The number of carbonyl (C=O) groups excluding carboxylic acids is 1. The first kappa shape index (κ1) is 16.6. The van der Waals surface area contributed by atoms with Gasteiger partial charge in [0.2, 0.25) is 5.91 Å². The fourth-order valence-electron chi connectivity index (χ4n) is 2.86. The van der Waals surface area contributed by atoms with Crippen LogP contribution >= 0.6 is 0 Å². The average Bonchev–Trinajstić information content (AvgIpc) is 2.89. The third-order valence-corrected chi connectivity index (χ3v) is 4.21. The molecule has 0 aliphatic rings. The van der Waals surface area contributed by atoms with E-state index in [9.17, 15) is 4.79 Å². The molecular weight excluding hydrogens is 276 g/mol. The number of aryl methyl sites for hydroxylation is 1. The minimum atomic E-state index is 0.00921. The summed E-state index contributed by atoms with van der Waals surface area (Å²) in [6.45, 7) is 6.33. The first-order chi connectivity index (χ1) is 10.6. The summed E-state index contributed by atoms with van der Waals surface area (Å²) in [5, 5.41) is 13.3. The minimum absolute atomic E-state index is 0.00921. The quantitative estimate of drug-likeness (QED) is 0.736. The van der Waals surface area contributed by atoms with E-state index < -0.39 is 0 Å². The molecule has 0 bridgehead atoms. The van der Waals surface area contributed by atoms with Crippen LogP contribution in [0, 0.1) is 5.92 Å². The Morgan fingerprint density at radius 2 is 2.09 bits per heavy atom. The number of carbonyl (C=O) groups is 1. The summed E-state index contributed by atoms with van der Waals surface area (Å²) >= 11 is 0. The van der Waals surface area contributed by atoms with Gasteiger partial charge in [-0.15, -0.1) is 0 Å². The van der Waals surface area contributed by atoms with Crippen LogP contribution in [0.1, 0.15) is 38.3 Å². The van der Waals surface area contributed by atoms with E-state index in [1.165, 1.54) is 5.56 Å². The number of aliphatic hydroxyl groups is 1. The van der Waals surface area contributed by atoms with Gasteiger partial charge in [0, 0.05) is 29.7 Å². The molecule has 0 radical (unpaired) electrons. The molecule has 2 rings (SSSR count). The fraction of sp³-hybridized carbons (Fsp3) is 0.500. The van der Waals surface area contributed by atoms with Crippen LogP contribution in [-0.2, 0) is 17.6 Å². The maximum atomic E-state index is 12.3. The highest BCUT2D eigenvalue weighted by Gasteiger charge is 2.17. The Morgan fingerprint density at radius 1 is 1.32 bits per heavy atom. The highest BCUT2D eigenvalue weighted by molar-refractivity contribution is 5.90. The second-order valence-electron chi connectivity index (χ2n) is 6.11. The number of amides is 1. The van der Waals surface area contributed by atoms with Gasteiger partial charge in [0.05, 0.1) is 6.42 Å². The Balaban J connectivity index is 2.12. The van der Waals surface area contributed by atoms with Gasteiger partial charge < -0.3 is 15.4 Å². The van der Waals surface area contributed by atoms with Gasteiger partial charge in [-0.25, -0.2) is 0 Å². The predicted molar refractivity (Wildman–Crippen MR) is 89.9 cm³/mol. The van der Waals surface area contributed by atoms with E-state index in [0.29, 0.717) is 18.8 Å². The minimum Gasteiger partial charge on any atom is -0.396 e. The molecule has 0 aliphatic heterocycles. The zero-order chi connectivity index (χ0) is 16.1. The number of nitrogens with one attached hydrogen (secondary N) is 2. The molecule has 1 aromatic heterocycles. The van der Waals surface area contributed by atoms with Crippen molar-refractivity contribution in [3.05, 3.63) is 35.5 Å². The summed E-state index contributed by atoms with van der Waals surface area (Å²) in [7, 11) is 0. The fourth-order valence-corrected chi connectivity index (χ4v) is 2.86. The molecule has 1 atom stereocenters. The number of fused-ring (bicyclic) bond motifs is 1. The van der Waals surface area contributed by atoms with Crippen molar-refractivity contribution in [2.75, 3.05) is 6.61 Å². The molecule has 0 saturated carbocycles. The molecular formula is C18H26N2O2. The molecule has 1 aromatic carbocycles. The van der Waals surface area contributed by atoms with Gasteiger partial charge in [0.1, 0.15) is 0 Å². The molecule has 4 nitrogen and oxygen atoms in total. The molecule has 3 N–H and O–H groups in total. The van der Waals surface area contributed by atoms with Crippen molar-refractivity contribution in [2.24, 2.45) is 5.92 Å². The van der Waals surface area contributed by atoms with Crippen molar-refractivity contribution in [3.63, 3.8) is 0 Å². The average molecular weight is 302 g/mol. The number of aliphatic hydroxyl groups excluding tert-OH is 1. The second-order valence-corrected chi connectivity index (χ2v) is 6.11. The number of hydrogen-bond acceptors (Lipinski definition) is 2. The largest absolute Gasteiger partial charge is 0.396 e. The van der Waals surface area contributed by atoms with E-state index in [2.05, 4.69) is 43.2 Å². The van der Waals surface area contributed by atoms with E-state index in [1.54, 1.807) is 0 Å². The normalized spacial score (nSPS) is 12.8. The number of H-pyrrole nitrogens is 1. The number of aromatic amines is 1. The molecule has 22 heavy (non-hydrogen) atoms. The smallest absolute Gasteiger partial charge is 0.224 e. The SMILES string of the molecule is CCc1cccc2c(CC(=O)NC(CCO)C(C)C)c[nH]c12. The zero-order valence-corrected chi connectivity index (χ0v) is 13.6. The summed E-state index contributed by atoms with van der Waals surface area (Å²) in [6.07, 6.45) is 3.86.